The summed E-state index contributed by atoms with van der Waals surface area (Å²) in [6.07, 6.45) is 1.64. The van der Waals surface area contributed by atoms with Crippen LogP contribution in [0.1, 0.15) is 0 Å². The zero-order valence-corrected chi connectivity index (χ0v) is 9.31. The number of phenols is 1. The molecule has 1 aromatic heterocycles. The third kappa shape index (κ3) is 2.47. The van der Waals surface area contributed by atoms with Gasteiger partial charge in [0.25, 0.3) is 0 Å². The lowest BCUT2D eigenvalue weighted by Gasteiger charge is -2.05. The predicted molar refractivity (Wildman–Crippen MR) is 60.1 cm³/mol. The molecule has 2 aromatic rings. The number of pyridine rings is 1. The van der Waals surface area contributed by atoms with Crippen molar-refractivity contribution in [1.82, 2.24) is 4.98 Å². The van der Waals surface area contributed by atoms with Crippen LogP contribution in [0.2, 0.25) is 0 Å². The van der Waals surface area contributed by atoms with Crippen LogP contribution in [0.25, 0.3) is 0 Å². The third-order valence-electron chi connectivity index (χ3n) is 1.76. The standard InChI is InChI=1S/C11H8BrNO2/c12-10-5-2-6-13-11(10)15-9-4-1-3-8(14)7-9/h1-7,14H. The summed E-state index contributed by atoms with van der Waals surface area (Å²) in [5.41, 5.74) is 0. The van der Waals surface area contributed by atoms with Gasteiger partial charge in [-0.05, 0) is 40.2 Å². The van der Waals surface area contributed by atoms with Crippen molar-refractivity contribution in [3.05, 3.63) is 47.1 Å². The van der Waals surface area contributed by atoms with Gasteiger partial charge in [0, 0.05) is 12.3 Å². The van der Waals surface area contributed by atoms with Crippen LogP contribution in [0.4, 0.5) is 0 Å². The van der Waals surface area contributed by atoms with Gasteiger partial charge in [-0.1, -0.05) is 6.07 Å². The fourth-order valence-electron chi connectivity index (χ4n) is 1.10. The number of halogens is 1. The predicted octanol–water partition coefficient (Wildman–Crippen LogP) is 3.34. The van der Waals surface area contributed by atoms with Gasteiger partial charge < -0.3 is 9.84 Å². The van der Waals surface area contributed by atoms with Crippen molar-refractivity contribution in [3.8, 4) is 17.4 Å². The Labute approximate surface area is 95.5 Å². The Kier molecular flexibility index (Phi) is 2.87. The number of hydrogen-bond donors (Lipinski definition) is 1. The summed E-state index contributed by atoms with van der Waals surface area (Å²) in [4.78, 5) is 4.05. The lowest BCUT2D eigenvalue weighted by atomic mass is 10.3. The van der Waals surface area contributed by atoms with Gasteiger partial charge in [0.05, 0.1) is 4.47 Å². The molecule has 0 aliphatic heterocycles. The number of phenolic OH excluding ortho intramolecular Hbond substituents is 1. The summed E-state index contributed by atoms with van der Waals surface area (Å²) in [5.74, 6) is 1.19. The van der Waals surface area contributed by atoms with Gasteiger partial charge in [0.15, 0.2) is 0 Å². The maximum absolute atomic E-state index is 9.25. The first-order valence-corrected chi connectivity index (χ1v) is 5.12. The number of rotatable bonds is 2. The van der Waals surface area contributed by atoms with E-state index < -0.39 is 0 Å². The first-order valence-electron chi connectivity index (χ1n) is 4.33. The van der Waals surface area contributed by atoms with Gasteiger partial charge in [-0.25, -0.2) is 4.98 Å². The summed E-state index contributed by atoms with van der Waals surface area (Å²) < 4.78 is 6.24. The topological polar surface area (TPSA) is 42.4 Å². The van der Waals surface area contributed by atoms with Crippen molar-refractivity contribution in [2.45, 2.75) is 0 Å². The Balaban J connectivity index is 2.26. The van der Waals surface area contributed by atoms with Crippen molar-refractivity contribution in [2.75, 3.05) is 0 Å². The van der Waals surface area contributed by atoms with Crippen LogP contribution in [0.3, 0.4) is 0 Å². The molecular weight excluding hydrogens is 258 g/mol. The molecule has 0 radical (unpaired) electrons. The highest BCUT2D eigenvalue weighted by molar-refractivity contribution is 9.10. The fourth-order valence-corrected chi connectivity index (χ4v) is 1.44. The molecule has 1 N–H and O–H groups in total. The van der Waals surface area contributed by atoms with E-state index in [9.17, 15) is 5.11 Å². The molecule has 2 rings (SSSR count). The molecular formula is C11H8BrNO2. The Hall–Kier alpha value is -1.55. The molecule has 0 aliphatic carbocycles. The highest BCUT2D eigenvalue weighted by Gasteiger charge is 2.03. The smallest absolute Gasteiger partial charge is 0.233 e. The SMILES string of the molecule is Oc1cccc(Oc2ncccc2Br)c1. The minimum Gasteiger partial charge on any atom is -0.508 e. The first kappa shape index (κ1) is 9.98. The largest absolute Gasteiger partial charge is 0.508 e. The van der Waals surface area contributed by atoms with Gasteiger partial charge in [-0.3, -0.25) is 0 Å². The van der Waals surface area contributed by atoms with Crippen molar-refractivity contribution < 1.29 is 9.84 Å². The van der Waals surface area contributed by atoms with E-state index in [1.54, 1.807) is 30.5 Å². The second-order valence-electron chi connectivity index (χ2n) is 2.89. The minimum atomic E-state index is 0.166. The van der Waals surface area contributed by atoms with E-state index in [1.807, 2.05) is 6.07 Å². The summed E-state index contributed by atoms with van der Waals surface area (Å²) >= 11 is 3.32. The second kappa shape index (κ2) is 4.31. The highest BCUT2D eigenvalue weighted by Crippen LogP contribution is 2.28. The second-order valence-corrected chi connectivity index (χ2v) is 3.74. The van der Waals surface area contributed by atoms with Gasteiger partial charge in [-0.15, -0.1) is 0 Å². The molecule has 0 spiro atoms. The first-order chi connectivity index (χ1) is 7.25. The van der Waals surface area contributed by atoms with Crippen molar-refractivity contribution >= 4 is 15.9 Å². The molecule has 0 bridgehead atoms. The molecule has 0 aliphatic rings. The molecule has 0 saturated carbocycles. The summed E-state index contributed by atoms with van der Waals surface area (Å²) in [5, 5.41) is 9.25. The molecule has 0 fully saturated rings. The van der Waals surface area contributed by atoms with Crippen LogP contribution in [0, 0.1) is 0 Å². The Morgan fingerprint density at radius 1 is 1.20 bits per heavy atom. The van der Waals surface area contributed by atoms with Gasteiger partial charge in [0.2, 0.25) is 5.88 Å². The molecule has 1 aromatic carbocycles. The Morgan fingerprint density at radius 2 is 2.07 bits per heavy atom. The number of hydrogen-bond acceptors (Lipinski definition) is 3. The van der Waals surface area contributed by atoms with E-state index >= 15 is 0 Å². The van der Waals surface area contributed by atoms with Crippen molar-refractivity contribution in [3.63, 3.8) is 0 Å². The molecule has 0 saturated heterocycles. The molecule has 76 valence electrons. The van der Waals surface area contributed by atoms with E-state index in [1.165, 1.54) is 6.07 Å². The molecule has 0 unspecified atom stereocenters. The lowest BCUT2D eigenvalue weighted by molar-refractivity contribution is 0.443. The fraction of sp³-hybridized carbons (Fsp3) is 0. The van der Waals surface area contributed by atoms with Crippen LogP contribution in [-0.2, 0) is 0 Å². The maximum atomic E-state index is 9.25. The van der Waals surface area contributed by atoms with Crippen LogP contribution in [0.15, 0.2) is 47.1 Å². The summed E-state index contributed by atoms with van der Waals surface area (Å²) in [7, 11) is 0. The Morgan fingerprint density at radius 3 is 2.80 bits per heavy atom. The maximum Gasteiger partial charge on any atom is 0.233 e. The number of aromatic hydroxyl groups is 1. The Bertz CT molecular complexity index is 474. The quantitative estimate of drug-likeness (QED) is 0.906. The van der Waals surface area contributed by atoms with E-state index in [-0.39, 0.29) is 5.75 Å². The molecule has 15 heavy (non-hydrogen) atoms. The van der Waals surface area contributed by atoms with E-state index in [4.69, 9.17) is 4.74 Å². The van der Waals surface area contributed by atoms with Gasteiger partial charge in [0.1, 0.15) is 11.5 Å². The molecule has 0 amide bonds. The van der Waals surface area contributed by atoms with E-state index in [2.05, 4.69) is 20.9 Å². The zero-order chi connectivity index (χ0) is 10.7. The minimum absolute atomic E-state index is 0.166. The number of benzene rings is 1. The average Bonchev–Trinajstić information content (AvgIpc) is 2.22. The molecule has 3 nitrogen and oxygen atoms in total. The number of nitrogens with zero attached hydrogens (tertiary/aromatic N) is 1. The number of aromatic nitrogens is 1. The monoisotopic (exact) mass is 265 g/mol. The van der Waals surface area contributed by atoms with Crippen LogP contribution in [-0.4, -0.2) is 10.1 Å². The van der Waals surface area contributed by atoms with Crippen LogP contribution < -0.4 is 4.74 Å². The van der Waals surface area contributed by atoms with E-state index in [0.29, 0.717) is 11.6 Å². The van der Waals surface area contributed by atoms with Gasteiger partial charge in [-0.2, -0.15) is 0 Å². The zero-order valence-electron chi connectivity index (χ0n) is 7.72. The normalized spacial score (nSPS) is 9.93. The summed E-state index contributed by atoms with van der Waals surface area (Å²) in [6.45, 7) is 0. The lowest BCUT2D eigenvalue weighted by Crippen LogP contribution is -1.87. The highest BCUT2D eigenvalue weighted by atomic mass is 79.9. The van der Waals surface area contributed by atoms with Gasteiger partial charge >= 0.3 is 0 Å². The van der Waals surface area contributed by atoms with Crippen LogP contribution in [0.5, 0.6) is 17.4 Å². The van der Waals surface area contributed by atoms with Crippen molar-refractivity contribution in [2.24, 2.45) is 0 Å². The summed E-state index contributed by atoms with van der Waals surface area (Å²) in [6, 6.07) is 10.2. The van der Waals surface area contributed by atoms with Crippen molar-refractivity contribution in [1.29, 1.82) is 0 Å². The van der Waals surface area contributed by atoms with Crippen LogP contribution >= 0.6 is 15.9 Å². The third-order valence-corrected chi connectivity index (χ3v) is 2.36. The van der Waals surface area contributed by atoms with E-state index in [0.717, 1.165) is 4.47 Å². The molecule has 0 atom stereocenters. The number of ether oxygens (including phenoxy) is 1. The average molecular weight is 266 g/mol. The molecule has 1 heterocycles. The molecule has 4 heteroatoms.